The largest absolute Gasteiger partial charge is 0.450 e. The molecule has 0 spiro atoms. The van der Waals surface area contributed by atoms with Gasteiger partial charge in [0, 0.05) is 49.9 Å². The van der Waals surface area contributed by atoms with Crippen LogP contribution in [0.2, 0.25) is 5.02 Å². The molecule has 9 heteroatoms. The number of aryl methyl sites for hydroxylation is 1. The molecule has 33 heavy (non-hydrogen) atoms. The minimum atomic E-state index is -0.297. The maximum atomic E-state index is 13.2. The van der Waals surface area contributed by atoms with Gasteiger partial charge in [0.05, 0.1) is 18.2 Å². The summed E-state index contributed by atoms with van der Waals surface area (Å²) in [6.07, 6.45) is 1.57. The van der Waals surface area contributed by atoms with Gasteiger partial charge in [-0.15, -0.1) is 0 Å². The van der Waals surface area contributed by atoms with E-state index in [4.69, 9.17) is 25.7 Å². The summed E-state index contributed by atoms with van der Waals surface area (Å²) in [7, 11) is 0. The Morgan fingerprint density at radius 2 is 1.82 bits per heavy atom. The molecule has 1 aromatic carbocycles. The van der Waals surface area contributed by atoms with E-state index in [9.17, 15) is 9.59 Å². The van der Waals surface area contributed by atoms with Crippen molar-refractivity contribution in [1.29, 1.82) is 0 Å². The van der Waals surface area contributed by atoms with Crippen LogP contribution >= 0.6 is 11.6 Å². The van der Waals surface area contributed by atoms with Gasteiger partial charge in [-0.3, -0.25) is 9.69 Å². The number of hydrogen-bond acceptors (Lipinski definition) is 6. The van der Waals surface area contributed by atoms with Crippen molar-refractivity contribution in [1.82, 2.24) is 19.7 Å². The number of amides is 2. The van der Waals surface area contributed by atoms with Crippen molar-refractivity contribution in [3.63, 3.8) is 0 Å². The van der Waals surface area contributed by atoms with Gasteiger partial charge < -0.3 is 19.0 Å². The fourth-order valence-corrected chi connectivity index (χ4v) is 4.61. The van der Waals surface area contributed by atoms with E-state index >= 15 is 0 Å². The molecule has 178 valence electrons. The van der Waals surface area contributed by atoms with E-state index in [0.29, 0.717) is 56.8 Å². The molecule has 2 fully saturated rings. The van der Waals surface area contributed by atoms with Crippen molar-refractivity contribution < 1.29 is 18.7 Å². The van der Waals surface area contributed by atoms with E-state index < -0.39 is 0 Å². The van der Waals surface area contributed by atoms with Crippen LogP contribution in [-0.4, -0.2) is 77.6 Å². The molecule has 0 saturated carbocycles. The van der Waals surface area contributed by atoms with E-state index in [1.807, 2.05) is 36.1 Å². The lowest BCUT2D eigenvalue weighted by Gasteiger charge is -2.38. The van der Waals surface area contributed by atoms with Crippen LogP contribution in [0.1, 0.15) is 31.2 Å². The first kappa shape index (κ1) is 23.6. The summed E-state index contributed by atoms with van der Waals surface area (Å²) in [5, 5.41) is 0.675. The van der Waals surface area contributed by atoms with Gasteiger partial charge in [0.25, 0.3) is 0 Å². The molecule has 0 aliphatic carbocycles. The first-order valence-corrected chi connectivity index (χ1v) is 12.0. The third kappa shape index (κ3) is 5.68. The normalized spacial score (nSPS) is 19.5. The zero-order valence-electron chi connectivity index (χ0n) is 19.3. The molecule has 1 aromatic heterocycles. The molecule has 0 unspecified atom stereocenters. The number of benzene rings is 1. The molecular weight excluding hydrogens is 444 g/mol. The molecule has 0 radical (unpaired) electrons. The molecule has 0 N–H and O–H groups in total. The fraction of sp³-hybridized carbons (Fsp3) is 0.542. The highest BCUT2D eigenvalue weighted by Crippen LogP contribution is 2.26. The monoisotopic (exact) mass is 474 g/mol. The average molecular weight is 475 g/mol. The number of piperazine rings is 1. The molecule has 1 atom stereocenters. The summed E-state index contributed by atoms with van der Waals surface area (Å²) in [4.78, 5) is 35.6. The van der Waals surface area contributed by atoms with Crippen LogP contribution < -0.4 is 0 Å². The highest BCUT2D eigenvalue weighted by atomic mass is 35.5. The number of piperidine rings is 1. The summed E-state index contributed by atoms with van der Waals surface area (Å²) in [6.45, 7) is 8.54. The number of carbonyl (C=O) groups is 2. The van der Waals surface area contributed by atoms with Crippen molar-refractivity contribution in [2.45, 2.75) is 33.2 Å². The van der Waals surface area contributed by atoms with Crippen molar-refractivity contribution >= 4 is 23.6 Å². The zero-order valence-corrected chi connectivity index (χ0v) is 20.0. The highest BCUT2D eigenvalue weighted by Gasteiger charge is 2.32. The molecule has 8 nitrogen and oxygen atoms in total. The van der Waals surface area contributed by atoms with E-state index in [0.717, 1.165) is 36.4 Å². The van der Waals surface area contributed by atoms with Gasteiger partial charge in [-0.05, 0) is 57.5 Å². The summed E-state index contributed by atoms with van der Waals surface area (Å²) >= 11 is 5.98. The predicted octanol–water partition coefficient (Wildman–Crippen LogP) is 3.82. The second-order valence-corrected chi connectivity index (χ2v) is 9.05. The number of likely N-dealkylation sites (tertiary alicyclic amines) is 1. The van der Waals surface area contributed by atoms with Crippen molar-refractivity contribution in [2.24, 2.45) is 5.92 Å². The van der Waals surface area contributed by atoms with Crippen LogP contribution in [0.25, 0.3) is 11.5 Å². The maximum Gasteiger partial charge on any atom is 0.409 e. The first-order chi connectivity index (χ1) is 15.9. The SMILES string of the molecule is CCOC(=O)N1CCN(C(=O)[C@H]2CCCN(Cc3nc(-c4ccc(Cl)cc4)oc3C)C2)CC1. The second kappa shape index (κ2) is 10.6. The van der Waals surface area contributed by atoms with Gasteiger partial charge in [-0.1, -0.05) is 11.6 Å². The molecule has 4 rings (SSSR count). The molecule has 2 saturated heterocycles. The van der Waals surface area contributed by atoms with Gasteiger partial charge in [0.15, 0.2) is 0 Å². The number of oxazole rings is 1. The van der Waals surface area contributed by atoms with Crippen molar-refractivity contribution in [2.75, 3.05) is 45.9 Å². The minimum absolute atomic E-state index is 0.0316. The van der Waals surface area contributed by atoms with Crippen LogP contribution in [0.3, 0.4) is 0 Å². The van der Waals surface area contributed by atoms with E-state index in [1.54, 1.807) is 11.8 Å². The number of rotatable bonds is 5. The Labute approximate surface area is 199 Å². The third-order valence-corrected chi connectivity index (χ3v) is 6.58. The fourth-order valence-electron chi connectivity index (χ4n) is 4.49. The smallest absolute Gasteiger partial charge is 0.409 e. The standard InChI is InChI=1S/C24H31ClN4O4/c1-3-32-24(31)29-13-11-28(12-14-29)23(30)19-5-4-10-27(15-19)16-21-17(2)33-22(26-21)18-6-8-20(25)9-7-18/h6-9,19H,3-5,10-16H2,1-2H3/t19-/m0/s1. The van der Waals surface area contributed by atoms with E-state index in [-0.39, 0.29) is 17.9 Å². The van der Waals surface area contributed by atoms with E-state index in [1.165, 1.54) is 0 Å². The second-order valence-electron chi connectivity index (χ2n) is 8.61. The molecule has 2 aliphatic heterocycles. The molecule has 3 heterocycles. The number of nitrogens with zero attached hydrogens (tertiary/aromatic N) is 4. The Hall–Kier alpha value is -2.58. The average Bonchev–Trinajstić information content (AvgIpc) is 3.19. The van der Waals surface area contributed by atoms with Crippen molar-refractivity contribution in [3.8, 4) is 11.5 Å². The Kier molecular flexibility index (Phi) is 7.55. The summed E-state index contributed by atoms with van der Waals surface area (Å²) in [5.41, 5.74) is 1.79. The summed E-state index contributed by atoms with van der Waals surface area (Å²) in [6, 6.07) is 7.44. The highest BCUT2D eigenvalue weighted by molar-refractivity contribution is 6.30. The molecule has 0 bridgehead atoms. The van der Waals surface area contributed by atoms with Gasteiger partial charge in [0.2, 0.25) is 11.8 Å². The molecular formula is C24H31ClN4O4. The Morgan fingerprint density at radius 3 is 2.52 bits per heavy atom. The number of aromatic nitrogens is 1. The van der Waals surface area contributed by atoms with Crippen LogP contribution in [0, 0.1) is 12.8 Å². The van der Waals surface area contributed by atoms with Gasteiger partial charge in [0.1, 0.15) is 5.76 Å². The maximum absolute atomic E-state index is 13.2. The number of carbonyl (C=O) groups excluding carboxylic acids is 2. The van der Waals surface area contributed by atoms with Gasteiger partial charge in [-0.2, -0.15) is 0 Å². The summed E-state index contributed by atoms with van der Waals surface area (Å²) < 4.78 is 11.0. The molecule has 2 aromatic rings. The lowest BCUT2D eigenvalue weighted by Crippen LogP contribution is -2.53. The zero-order chi connectivity index (χ0) is 23.4. The van der Waals surface area contributed by atoms with Crippen LogP contribution in [-0.2, 0) is 16.1 Å². The minimum Gasteiger partial charge on any atom is -0.450 e. The number of halogens is 1. The Bertz CT molecular complexity index is 969. The van der Waals surface area contributed by atoms with Crippen molar-refractivity contribution in [3.05, 3.63) is 40.7 Å². The summed E-state index contributed by atoms with van der Waals surface area (Å²) in [5.74, 6) is 1.53. The lowest BCUT2D eigenvalue weighted by atomic mass is 9.96. The van der Waals surface area contributed by atoms with Crippen LogP contribution in [0.15, 0.2) is 28.7 Å². The number of ether oxygens (including phenoxy) is 1. The Balaban J connectivity index is 1.33. The molecule has 2 aliphatic rings. The van der Waals surface area contributed by atoms with E-state index in [2.05, 4.69) is 4.90 Å². The first-order valence-electron chi connectivity index (χ1n) is 11.6. The van der Waals surface area contributed by atoms with Crippen LogP contribution in [0.5, 0.6) is 0 Å². The van der Waals surface area contributed by atoms with Crippen LogP contribution in [0.4, 0.5) is 4.79 Å². The topological polar surface area (TPSA) is 79.1 Å². The third-order valence-electron chi connectivity index (χ3n) is 6.33. The van der Waals surface area contributed by atoms with Gasteiger partial charge >= 0.3 is 6.09 Å². The molecule has 2 amide bonds. The Morgan fingerprint density at radius 1 is 1.12 bits per heavy atom. The quantitative estimate of drug-likeness (QED) is 0.655. The predicted molar refractivity (Wildman–Crippen MR) is 125 cm³/mol. The lowest BCUT2D eigenvalue weighted by molar-refractivity contribution is -0.139. The van der Waals surface area contributed by atoms with Gasteiger partial charge in [-0.25, -0.2) is 9.78 Å². The number of hydrogen-bond donors (Lipinski definition) is 0.